The van der Waals surface area contributed by atoms with E-state index in [-0.39, 0.29) is 24.2 Å². The van der Waals surface area contributed by atoms with Gasteiger partial charge in [-0.15, -0.1) is 0 Å². The summed E-state index contributed by atoms with van der Waals surface area (Å²) < 4.78 is 5.49. The van der Waals surface area contributed by atoms with E-state index < -0.39 is 0 Å². The van der Waals surface area contributed by atoms with Gasteiger partial charge in [0.15, 0.2) is 12.4 Å². The summed E-state index contributed by atoms with van der Waals surface area (Å²) in [7, 11) is 0. The van der Waals surface area contributed by atoms with E-state index in [2.05, 4.69) is 5.32 Å². The number of anilines is 1. The van der Waals surface area contributed by atoms with Gasteiger partial charge in [-0.3, -0.25) is 14.4 Å². The standard InChI is InChI=1S/C22H24N2O4/c1-14(2)11-23-22(27)18-6-4-5-16(9-18)12-24-19-10-17(15(3)25)7-8-20(19)28-13-21(24)26/h4-10,14H,11-13H2,1-3H3,(H,23,27). The monoisotopic (exact) mass is 380 g/mol. The van der Waals surface area contributed by atoms with Gasteiger partial charge in [0.25, 0.3) is 11.8 Å². The van der Waals surface area contributed by atoms with Gasteiger partial charge in [-0.1, -0.05) is 26.0 Å². The summed E-state index contributed by atoms with van der Waals surface area (Å²) in [5, 5.41) is 2.90. The van der Waals surface area contributed by atoms with E-state index in [0.717, 1.165) is 5.56 Å². The van der Waals surface area contributed by atoms with Gasteiger partial charge < -0.3 is 15.0 Å². The van der Waals surface area contributed by atoms with E-state index in [4.69, 9.17) is 4.74 Å². The van der Waals surface area contributed by atoms with Crippen LogP contribution in [0, 0.1) is 5.92 Å². The Morgan fingerprint density at radius 1 is 1.14 bits per heavy atom. The van der Waals surface area contributed by atoms with Crippen molar-refractivity contribution in [3.05, 3.63) is 59.2 Å². The Hall–Kier alpha value is -3.15. The van der Waals surface area contributed by atoms with Crippen molar-refractivity contribution in [2.24, 2.45) is 5.92 Å². The van der Waals surface area contributed by atoms with Gasteiger partial charge >= 0.3 is 0 Å². The maximum atomic E-state index is 12.5. The summed E-state index contributed by atoms with van der Waals surface area (Å²) in [5.41, 5.74) is 2.46. The Balaban J connectivity index is 1.85. The molecule has 1 heterocycles. The summed E-state index contributed by atoms with van der Waals surface area (Å²) in [6.07, 6.45) is 0. The van der Waals surface area contributed by atoms with Crippen molar-refractivity contribution in [1.82, 2.24) is 5.32 Å². The fourth-order valence-corrected chi connectivity index (χ4v) is 2.99. The number of hydrogen-bond acceptors (Lipinski definition) is 4. The number of ketones is 1. The van der Waals surface area contributed by atoms with E-state index in [1.165, 1.54) is 6.92 Å². The minimum atomic E-state index is -0.192. The van der Waals surface area contributed by atoms with Gasteiger partial charge in [-0.05, 0) is 48.7 Å². The van der Waals surface area contributed by atoms with Crippen LogP contribution >= 0.6 is 0 Å². The minimum Gasteiger partial charge on any atom is -0.482 e. The number of amides is 2. The molecule has 3 rings (SSSR count). The molecule has 0 spiro atoms. The highest BCUT2D eigenvalue weighted by molar-refractivity contribution is 6.01. The van der Waals surface area contributed by atoms with Gasteiger partial charge in [0, 0.05) is 17.7 Å². The predicted molar refractivity (Wildman–Crippen MR) is 107 cm³/mol. The van der Waals surface area contributed by atoms with Crippen LogP contribution in [0.5, 0.6) is 5.75 Å². The molecule has 28 heavy (non-hydrogen) atoms. The van der Waals surface area contributed by atoms with Crippen molar-refractivity contribution < 1.29 is 19.1 Å². The average Bonchev–Trinajstić information content (AvgIpc) is 2.68. The Bertz CT molecular complexity index is 921. The van der Waals surface area contributed by atoms with Crippen LogP contribution in [0.2, 0.25) is 0 Å². The zero-order valence-corrected chi connectivity index (χ0v) is 16.3. The van der Waals surface area contributed by atoms with E-state index >= 15 is 0 Å². The second-order valence-corrected chi connectivity index (χ2v) is 7.31. The molecule has 0 saturated carbocycles. The molecule has 0 unspecified atom stereocenters. The maximum Gasteiger partial charge on any atom is 0.265 e. The number of benzene rings is 2. The number of ether oxygens (including phenoxy) is 1. The molecule has 0 atom stereocenters. The number of carbonyl (C=O) groups excluding carboxylic acids is 3. The first-order valence-corrected chi connectivity index (χ1v) is 9.30. The van der Waals surface area contributed by atoms with Gasteiger partial charge in [0.1, 0.15) is 5.75 Å². The number of Topliss-reactive ketones (excluding diaryl/α,β-unsaturated/α-hetero) is 1. The maximum absolute atomic E-state index is 12.5. The van der Waals surface area contributed by atoms with E-state index in [9.17, 15) is 14.4 Å². The lowest BCUT2D eigenvalue weighted by atomic mass is 10.1. The van der Waals surface area contributed by atoms with Crippen LogP contribution in [0.1, 0.15) is 47.1 Å². The second-order valence-electron chi connectivity index (χ2n) is 7.31. The summed E-state index contributed by atoms with van der Waals surface area (Å²) in [6, 6.07) is 12.3. The van der Waals surface area contributed by atoms with Gasteiger partial charge in [0.05, 0.1) is 12.2 Å². The summed E-state index contributed by atoms with van der Waals surface area (Å²) >= 11 is 0. The third-order valence-electron chi connectivity index (χ3n) is 4.51. The molecule has 2 aromatic rings. The van der Waals surface area contributed by atoms with Crippen LogP contribution < -0.4 is 15.0 Å². The lowest BCUT2D eigenvalue weighted by Crippen LogP contribution is -2.38. The average molecular weight is 380 g/mol. The quantitative estimate of drug-likeness (QED) is 0.781. The number of carbonyl (C=O) groups is 3. The Morgan fingerprint density at radius 2 is 1.93 bits per heavy atom. The highest BCUT2D eigenvalue weighted by Gasteiger charge is 2.26. The topological polar surface area (TPSA) is 75.7 Å². The van der Waals surface area contributed by atoms with Crippen molar-refractivity contribution in [2.45, 2.75) is 27.3 Å². The molecular weight excluding hydrogens is 356 g/mol. The van der Waals surface area contributed by atoms with Crippen molar-refractivity contribution >= 4 is 23.3 Å². The third-order valence-corrected chi connectivity index (χ3v) is 4.51. The van der Waals surface area contributed by atoms with E-state index in [0.29, 0.717) is 41.6 Å². The lowest BCUT2D eigenvalue weighted by Gasteiger charge is -2.30. The van der Waals surface area contributed by atoms with Crippen LogP contribution in [0.3, 0.4) is 0 Å². The molecule has 0 radical (unpaired) electrons. The van der Waals surface area contributed by atoms with Crippen molar-refractivity contribution in [3.8, 4) is 5.75 Å². The molecule has 146 valence electrons. The minimum absolute atomic E-state index is 0.0546. The number of hydrogen-bond donors (Lipinski definition) is 1. The van der Waals surface area contributed by atoms with Gasteiger partial charge in [0.2, 0.25) is 0 Å². The summed E-state index contributed by atoms with van der Waals surface area (Å²) in [5.74, 6) is 0.524. The molecule has 6 nitrogen and oxygen atoms in total. The zero-order valence-electron chi connectivity index (χ0n) is 16.3. The van der Waals surface area contributed by atoms with Gasteiger partial charge in [-0.25, -0.2) is 0 Å². The van der Waals surface area contributed by atoms with Gasteiger partial charge in [-0.2, -0.15) is 0 Å². The molecule has 2 amide bonds. The van der Waals surface area contributed by atoms with Crippen LogP contribution in [-0.2, 0) is 11.3 Å². The Morgan fingerprint density at radius 3 is 2.64 bits per heavy atom. The molecule has 0 aromatic heterocycles. The first-order chi connectivity index (χ1) is 13.3. The molecule has 6 heteroatoms. The number of nitrogens with zero attached hydrogens (tertiary/aromatic N) is 1. The summed E-state index contributed by atoms with van der Waals surface area (Å²) in [4.78, 5) is 38.1. The molecule has 0 bridgehead atoms. The van der Waals surface area contributed by atoms with Crippen LogP contribution in [-0.4, -0.2) is 30.7 Å². The number of nitrogens with one attached hydrogen (secondary N) is 1. The van der Waals surface area contributed by atoms with Crippen LogP contribution in [0.15, 0.2) is 42.5 Å². The smallest absolute Gasteiger partial charge is 0.265 e. The van der Waals surface area contributed by atoms with Crippen LogP contribution in [0.4, 0.5) is 5.69 Å². The molecule has 0 fully saturated rings. The molecule has 1 aliphatic rings. The zero-order chi connectivity index (χ0) is 20.3. The highest BCUT2D eigenvalue weighted by atomic mass is 16.5. The lowest BCUT2D eigenvalue weighted by molar-refractivity contribution is -0.121. The summed E-state index contributed by atoms with van der Waals surface area (Å²) in [6.45, 7) is 6.40. The van der Waals surface area contributed by atoms with Crippen molar-refractivity contribution in [3.63, 3.8) is 0 Å². The highest BCUT2D eigenvalue weighted by Crippen LogP contribution is 2.34. The number of rotatable bonds is 6. The Labute approximate surface area is 164 Å². The van der Waals surface area contributed by atoms with E-state index in [1.54, 1.807) is 41.3 Å². The van der Waals surface area contributed by atoms with Crippen molar-refractivity contribution in [2.75, 3.05) is 18.1 Å². The fourth-order valence-electron chi connectivity index (χ4n) is 2.99. The Kier molecular flexibility index (Phi) is 5.78. The first kappa shape index (κ1) is 19.6. The first-order valence-electron chi connectivity index (χ1n) is 9.30. The normalized spacial score (nSPS) is 13.1. The molecule has 0 aliphatic carbocycles. The SMILES string of the molecule is CC(=O)c1ccc2c(c1)N(Cc1cccc(C(=O)NCC(C)C)c1)C(=O)CO2. The van der Waals surface area contributed by atoms with Crippen molar-refractivity contribution in [1.29, 1.82) is 0 Å². The molecule has 1 aliphatic heterocycles. The molecule has 2 aromatic carbocycles. The number of fused-ring (bicyclic) bond motifs is 1. The third kappa shape index (κ3) is 4.39. The molecule has 0 saturated heterocycles. The predicted octanol–water partition coefficient (Wildman–Crippen LogP) is 3.20. The molecule has 1 N–H and O–H groups in total. The van der Waals surface area contributed by atoms with E-state index in [1.807, 2.05) is 19.9 Å². The second kappa shape index (κ2) is 8.25. The van der Waals surface area contributed by atoms with Crippen LogP contribution in [0.25, 0.3) is 0 Å². The molecular formula is C22H24N2O4. The fraction of sp³-hybridized carbons (Fsp3) is 0.318. The largest absolute Gasteiger partial charge is 0.482 e.